The highest BCUT2D eigenvalue weighted by Crippen LogP contribution is 2.14. The third-order valence-corrected chi connectivity index (χ3v) is 2.56. The predicted octanol–water partition coefficient (Wildman–Crippen LogP) is 1.31. The van der Waals surface area contributed by atoms with Crippen LogP contribution in [0.4, 0.5) is 5.69 Å². The van der Waals surface area contributed by atoms with Gasteiger partial charge in [-0.05, 0) is 32.4 Å². The molecule has 90 valence electrons. The molecule has 16 heavy (non-hydrogen) atoms. The van der Waals surface area contributed by atoms with E-state index in [4.69, 9.17) is 5.73 Å². The van der Waals surface area contributed by atoms with E-state index in [-0.39, 0.29) is 12.1 Å². The van der Waals surface area contributed by atoms with E-state index in [1.165, 1.54) is 0 Å². The van der Waals surface area contributed by atoms with Gasteiger partial charge in [0.15, 0.2) is 0 Å². The van der Waals surface area contributed by atoms with Crippen molar-refractivity contribution in [3.8, 4) is 0 Å². The van der Waals surface area contributed by atoms with Crippen LogP contribution in [-0.4, -0.2) is 29.8 Å². The summed E-state index contributed by atoms with van der Waals surface area (Å²) in [5.41, 5.74) is 7.67. The van der Waals surface area contributed by atoms with Crippen LogP contribution in [0, 0.1) is 0 Å². The van der Waals surface area contributed by atoms with Crippen LogP contribution in [0.25, 0.3) is 0 Å². The molecule has 0 aromatic carbocycles. The zero-order valence-corrected chi connectivity index (χ0v) is 10.2. The Morgan fingerprint density at radius 1 is 1.44 bits per heavy atom. The molecular weight excluding hydrogens is 202 g/mol. The zero-order chi connectivity index (χ0) is 12.1. The number of nitrogens with two attached hydrogens (primary N) is 1. The normalized spacial score (nSPS) is 14.6. The first kappa shape index (κ1) is 12.9. The van der Waals surface area contributed by atoms with Crippen molar-refractivity contribution in [1.29, 1.82) is 0 Å². The second-order valence-electron chi connectivity index (χ2n) is 4.29. The maximum Gasteiger partial charge on any atom is 0.0569 e. The summed E-state index contributed by atoms with van der Waals surface area (Å²) >= 11 is 0. The SMILES string of the molecule is CC(O)CCN(C)c1ccc([C@@H](C)N)nc1. The molecule has 1 aromatic heterocycles. The molecule has 1 aromatic rings. The molecule has 0 saturated carbocycles. The maximum atomic E-state index is 9.21. The molecule has 0 bridgehead atoms. The second kappa shape index (κ2) is 5.82. The summed E-state index contributed by atoms with van der Waals surface area (Å²) in [6.45, 7) is 4.53. The summed E-state index contributed by atoms with van der Waals surface area (Å²) in [7, 11) is 1.99. The highest BCUT2D eigenvalue weighted by Gasteiger charge is 2.05. The molecule has 0 aliphatic heterocycles. The Kier molecular flexibility index (Phi) is 4.71. The third kappa shape index (κ3) is 3.79. The van der Waals surface area contributed by atoms with Crippen molar-refractivity contribution in [2.24, 2.45) is 5.73 Å². The van der Waals surface area contributed by atoms with Gasteiger partial charge in [-0.25, -0.2) is 0 Å². The van der Waals surface area contributed by atoms with Gasteiger partial charge < -0.3 is 15.7 Å². The van der Waals surface area contributed by atoms with Crippen LogP contribution < -0.4 is 10.6 Å². The van der Waals surface area contributed by atoms with Crippen molar-refractivity contribution in [2.75, 3.05) is 18.5 Å². The molecule has 0 fully saturated rings. The van der Waals surface area contributed by atoms with Crippen LogP contribution in [0.3, 0.4) is 0 Å². The highest BCUT2D eigenvalue weighted by atomic mass is 16.3. The fraction of sp³-hybridized carbons (Fsp3) is 0.583. The number of nitrogens with zero attached hydrogens (tertiary/aromatic N) is 2. The number of hydrogen-bond donors (Lipinski definition) is 2. The molecule has 4 nitrogen and oxygen atoms in total. The van der Waals surface area contributed by atoms with Crippen LogP contribution >= 0.6 is 0 Å². The number of aliphatic hydroxyl groups excluding tert-OH is 1. The van der Waals surface area contributed by atoms with E-state index in [9.17, 15) is 5.11 Å². The molecule has 2 atom stereocenters. The number of hydrogen-bond acceptors (Lipinski definition) is 4. The van der Waals surface area contributed by atoms with Gasteiger partial charge >= 0.3 is 0 Å². The van der Waals surface area contributed by atoms with E-state index in [2.05, 4.69) is 9.88 Å². The van der Waals surface area contributed by atoms with Gasteiger partial charge in [-0.3, -0.25) is 4.98 Å². The number of rotatable bonds is 5. The average Bonchev–Trinajstić information content (AvgIpc) is 2.26. The molecule has 0 spiro atoms. The summed E-state index contributed by atoms with van der Waals surface area (Å²) in [5.74, 6) is 0. The van der Waals surface area contributed by atoms with Crippen LogP contribution in [0.2, 0.25) is 0 Å². The van der Waals surface area contributed by atoms with E-state index in [1.807, 2.05) is 32.3 Å². The standard InChI is InChI=1S/C12H21N3O/c1-9(16)6-7-15(3)11-4-5-12(10(2)13)14-8-11/h4-5,8-10,16H,6-7,13H2,1-3H3/t9?,10-/m1/s1. The second-order valence-corrected chi connectivity index (χ2v) is 4.29. The lowest BCUT2D eigenvalue weighted by Gasteiger charge is -2.20. The smallest absolute Gasteiger partial charge is 0.0569 e. The Hall–Kier alpha value is -1.13. The van der Waals surface area contributed by atoms with E-state index in [0.717, 1.165) is 24.3 Å². The summed E-state index contributed by atoms with van der Waals surface area (Å²) in [6.07, 6.45) is 2.31. The van der Waals surface area contributed by atoms with Gasteiger partial charge in [0.05, 0.1) is 23.7 Å². The monoisotopic (exact) mass is 223 g/mol. The summed E-state index contributed by atoms with van der Waals surface area (Å²) in [6, 6.07) is 3.92. The summed E-state index contributed by atoms with van der Waals surface area (Å²) in [5, 5.41) is 9.21. The predicted molar refractivity (Wildman–Crippen MR) is 66.4 cm³/mol. The van der Waals surface area contributed by atoms with Crippen molar-refractivity contribution < 1.29 is 5.11 Å². The van der Waals surface area contributed by atoms with E-state index in [0.29, 0.717) is 0 Å². The molecule has 0 aliphatic rings. The number of pyridine rings is 1. The molecule has 0 aliphatic carbocycles. The first-order chi connectivity index (χ1) is 7.50. The van der Waals surface area contributed by atoms with Crippen molar-refractivity contribution in [1.82, 2.24) is 4.98 Å². The largest absolute Gasteiger partial charge is 0.393 e. The highest BCUT2D eigenvalue weighted by molar-refractivity contribution is 5.43. The topological polar surface area (TPSA) is 62.4 Å². The van der Waals surface area contributed by atoms with Crippen LogP contribution in [0.15, 0.2) is 18.3 Å². The Labute approximate surface area is 97.1 Å². The molecule has 1 heterocycles. The molecular formula is C12H21N3O. The Morgan fingerprint density at radius 2 is 2.12 bits per heavy atom. The molecule has 1 unspecified atom stereocenters. The van der Waals surface area contributed by atoms with Gasteiger partial charge in [0.1, 0.15) is 0 Å². The Morgan fingerprint density at radius 3 is 2.56 bits per heavy atom. The van der Waals surface area contributed by atoms with E-state index in [1.54, 1.807) is 6.92 Å². The fourth-order valence-electron chi connectivity index (χ4n) is 1.40. The van der Waals surface area contributed by atoms with Crippen LogP contribution in [-0.2, 0) is 0 Å². The third-order valence-electron chi connectivity index (χ3n) is 2.56. The lowest BCUT2D eigenvalue weighted by molar-refractivity contribution is 0.187. The minimum absolute atomic E-state index is 0.0307. The first-order valence-corrected chi connectivity index (χ1v) is 5.61. The number of aliphatic hydroxyl groups is 1. The molecule has 4 heteroatoms. The van der Waals surface area contributed by atoms with Gasteiger partial charge in [-0.1, -0.05) is 0 Å². The minimum Gasteiger partial charge on any atom is -0.393 e. The molecule has 0 saturated heterocycles. The molecule has 0 radical (unpaired) electrons. The van der Waals surface area contributed by atoms with Crippen LogP contribution in [0.1, 0.15) is 32.0 Å². The van der Waals surface area contributed by atoms with Crippen LogP contribution in [0.5, 0.6) is 0 Å². The van der Waals surface area contributed by atoms with Gasteiger partial charge in [0.2, 0.25) is 0 Å². The van der Waals surface area contributed by atoms with Crippen molar-refractivity contribution >= 4 is 5.69 Å². The minimum atomic E-state index is -0.265. The zero-order valence-electron chi connectivity index (χ0n) is 10.2. The van der Waals surface area contributed by atoms with Crippen molar-refractivity contribution in [3.05, 3.63) is 24.0 Å². The average molecular weight is 223 g/mol. The lowest BCUT2D eigenvalue weighted by Crippen LogP contribution is -2.22. The fourth-order valence-corrected chi connectivity index (χ4v) is 1.40. The van der Waals surface area contributed by atoms with Crippen molar-refractivity contribution in [3.63, 3.8) is 0 Å². The Balaban J connectivity index is 2.59. The Bertz CT molecular complexity index is 309. The van der Waals surface area contributed by atoms with Crippen molar-refractivity contribution in [2.45, 2.75) is 32.4 Å². The molecule has 1 rings (SSSR count). The van der Waals surface area contributed by atoms with Gasteiger partial charge in [-0.2, -0.15) is 0 Å². The number of aromatic nitrogens is 1. The lowest BCUT2D eigenvalue weighted by atomic mass is 10.2. The quantitative estimate of drug-likeness (QED) is 0.790. The van der Waals surface area contributed by atoms with E-state index < -0.39 is 0 Å². The molecule has 0 amide bonds. The maximum absolute atomic E-state index is 9.21. The number of anilines is 1. The molecule has 3 N–H and O–H groups in total. The van der Waals surface area contributed by atoms with Gasteiger partial charge in [-0.15, -0.1) is 0 Å². The summed E-state index contributed by atoms with van der Waals surface area (Å²) < 4.78 is 0. The van der Waals surface area contributed by atoms with Gasteiger partial charge in [0.25, 0.3) is 0 Å². The summed E-state index contributed by atoms with van der Waals surface area (Å²) in [4.78, 5) is 6.37. The van der Waals surface area contributed by atoms with Gasteiger partial charge in [0, 0.05) is 19.6 Å². The van der Waals surface area contributed by atoms with E-state index >= 15 is 0 Å². The first-order valence-electron chi connectivity index (χ1n) is 5.61.